The molecule has 2 aromatic carbocycles. The molecule has 1 N–H and O–H groups in total. The maximum atomic E-state index is 12.3. The lowest BCUT2D eigenvalue weighted by molar-refractivity contribution is -0.119. The van der Waals surface area contributed by atoms with Crippen LogP contribution in [-0.4, -0.2) is 20.9 Å². The van der Waals surface area contributed by atoms with Crippen LogP contribution in [-0.2, 0) is 21.2 Å². The molecule has 0 unspecified atom stereocenters. The second kappa shape index (κ2) is 8.85. The first kappa shape index (κ1) is 20.0. The Labute approximate surface area is 155 Å². The van der Waals surface area contributed by atoms with E-state index in [1.54, 1.807) is 12.1 Å². The van der Waals surface area contributed by atoms with Crippen LogP contribution in [0.3, 0.4) is 0 Å². The second-order valence-electron chi connectivity index (χ2n) is 6.34. The van der Waals surface area contributed by atoms with Gasteiger partial charge in [-0.2, -0.15) is 0 Å². The number of hydrogen-bond donors (Lipinski definition) is 1. The standard InChI is InChI=1S/C20H25NO4S/c1-4-5-17-6-8-19(9-7-17)26(23,24)21-20(22)10-11-25-18-13-15(2)12-16(3)14-18/h6-9,12-14H,4-5,10-11H2,1-3H3,(H,21,22). The molecule has 0 aliphatic heterocycles. The van der Waals surface area contributed by atoms with Crippen molar-refractivity contribution in [1.29, 1.82) is 0 Å². The summed E-state index contributed by atoms with van der Waals surface area (Å²) in [6.45, 7) is 6.10. The molecule has 5 nitrogen and oxygen atoms in total. The summed E-state index contributed by atoms with van der Waals surface area (Å²) in [6, 6.07) is 12.4. The first-order valence-electron chi connectivity index (χ1n) is 8.66. The average Bonchev–Trinajstić information content (AvgIpc) is 2.54. The Hall–Kier alpha value is -2.34. The second-order valence-corrected chi connectivity index (χ2v) is 8.03. The van der Waals surface area contributed by atoms with Crippen LogP contribution in [0.15, 0.2) is 47.4 Å². The fraction of sp³-hybridized carbons (Fsp3) is 0.350. The average molecular weight is 375 g/mol. The Morgan fingerprint density at radius 3 is 2.23 bits per heavy atom. The summed E-state index contributed by atoms with van der Waals surface area (Å²) in [6.07, 6.45) is 1.84. The first-order chi connectivity index (χ1) is 12.3. The van der Waals surface area contributed by atoms with Crippen molar-refractivity contribution < 1.29 is 17.9 Å². The molecule has 0 radical (unpaired) electrons. The zero-order valence-corrected chi connectivity index (χ0v) is 16.2. The topological polar surface area (TPSA) is 72.5 Å². The van der Waals surface area contributed by atoms with E-state index >= 15 is 0 Å². The summed E-state index contributed by atoms with van der Waals surface area (Å²) in [5.74, 6) is 0.0803. The van der Waals surface area contributed by atoms with E-state index in [2.05, 4.69) is 11.6 Å². The predicted octanol–water partition coefficient (Wildman–Crippen LogP) is 3.53. The summed E-state index contributed by atoms with van der Waals surface area (Å²) in [4.78, 5) is 12.0. The first-order valence-corrected chi connectivity index (χ1v) is 10.1. The van der Waals surface area contributed by atoms with E-state index in [0.717, 1.165) is 29.5 Å². The van der Waals surface area contributed by atoms with Gasteiger partial charge < -0.3 is 4.74 Å². The summed E-state index contributed by atoms with van der Waals surface area (Å²) in [5.41, 5.74) is 3.21. The van der Waals surface area contributed by atoms with Crippen molar-refractivity contribution in [3.63, 3.8) is 0 Å². The van der Waals surface area contributed by atoms with Crippen molar-refractivity contribution in [1.82, 2.24) is 4.72 Å². The number of carbonyl (C=O) groups is 1. The number of benzene rings is 2. The number of amides is 1. The van der Waals surface area contributed by atoms with Crippen molar-refractivity contribution in [3.8, 4) is 5.75 Å². The van der Waals surface area contributed by atoms with Gasteiger partial charge in [-0.15, -0.1) is 0 Å². The smallest absolute Gasteiger partial charge is 0.264 e. The molecule has 0 fully saturated rings. The van der Waals surface area contributed by atoms with Crippen LogP contribution < -0.4 is 9.46 Å². The van der Waals surface area contributed by atoms with Crippen molar-refractivity contribution >= 4 is 15.9 Å². The van der Waals surface area contributed by atoms with Crippen LogP contribution in [0.4, 0.5) is 0 Å². The highest BCUT2D eigenvalue weighted by molar-refractivity contribution is 7.90. The molecule has 26 heavy (non-hydrogen) atoms. The minimum atomic E-state index is -3.85. The number of hydrogen-bond acceptors (Lipinski definition) is 4. The number of nitrogens with one attached hydrogen (secondary N) is 1. The summed E-state index contributed by atoms with van der Waals surface area (Å²) in [7, 11) is -3.85. The van der Waals surface area contributed by atoms with Gasteiger partial charge in [0.05, 0.1) is 17.9 Å². The van der Waals surface area contributed by atoms with E-state index in [1.165, 1.54) is 12.1 Å². The van der Waals surface area contributed by atoms with Gasteiger partial charge in [0.25, 0.3) is 10.0 Å². The lowest BCUT2D eigenvalue weighted by Gasteiger charge is -2.10. The summed E-state index contributed by atoms with van der Waals surface area (Å²) >= 11 is 0. The van der Waals surface area contributed by atoms with Gasteiger partial charge in [0.1, 0.15) is 5.75 Å². The highest BCUT2D eigenvalue weighted by Gasteiger charge is 2.17. The van der Waals surface area contributed by atoms with Crippen molar-refractivity contribution in [3.05, 3.63) is 59.2 Å². The van der Waals surface area contributed by atoms with E-state index < -0.39 is 15.9 Å². The van der Waals surface area contributed by atoms with E-state index in [4.69, 9.17) is 4.74 Å². The molecule has 0 saturated carbocycles. The molecular weight excluding hydrogens is 350 g/mol. The number of aryl methyl sites for hydroxylation is 3. The fourth-order valence-electron chi connectivity index (χ4n) is 2.66. The molecule has 0 aromatic heterocycles. The lowest BCUT2D eigenvalue weighted by atomic mass is 10.1. The van der Waals surface area contributed by atoms with Gasteiger partial charge >= 0.3 is 0 Å². The van der Waals surface area contributed by atoms with E-state index in [1.807, 2.05) is 32.0 Å². The molecule has 1 amide bonds. The largest absolute Gasteiger partial charge is 0.493 e. The van der Waals surface area contributed by atoms with Gasteiger partial charge in [0.2, 0.25) is 5.91 Å². The third kappa shape index (κ3) is 5.88. The minimum absolute atomic E-state index is 0.0415. The van der Waals surface area contributed by atoms with Gasteiger partial charge in [0.15, 0.2) is 0 Å². The van der Waals surface area contributed by atoms with Crippen LogP contribution >= 0.6 is 0 Å². The highest BCUT2D eigenvalue weighted by atomic mass is 32.2. The van der Waals surface area contributed by atoms with Crippen LogP contribution in [0, 0.1) is 13.8 Å². The lowest BCUT2D eigenvalue weighted by Crippen LogP contribution is -2.31. The number of rotatable bonds is 8. The molecule has 0 bridgehead atoms. The van der Waals surface area contributed by atoms with Crippen molar-refractivity contribution in [2.24, 2.45) is 0 Å². The molecule has 0 spiro atoms. The Morgan fingerprint density at radius 2 is 1.65 bits per heavy atom. The maximum absolute atomic E-state index is 12.3. The molecule has 6 heteroatoms. The van der Waals surface area contributed by atoms with Gasteiger partial charge in [-0.3, -0.25) is 4.79 Å². The Kier molecular flexibility index (Phi) is 6.80. The Morgan fingerprint density at radius 1 is 1.04 bits per heavy atom. The maximum Gasteiger partial charge on any atom is 0.264 e. The monoisotopic (exact) mass is 375 g/mol. The van der Waals surface area contributed by atoms with Gasteiger partial charge in [-0.05, 0) is 61.2 Å². The fourth-order valence-corrected chi connectivity index (χ4v) is 3.68. The number of sulfonamides is 1. The van der Waals surface area contributed by atoms with Crippen molar-refractivity contribution in [2.45, 2.75) is 44.9 Å². The van der Waals surface area contributed by atoms with Crippen LogP contribution in [0.5, 0.6) is 5.75 Å². The zero-order chi connectivity index (χ0) is 19.2. The predicted molar refractivity (Wildman–Crippen MR) is 102 cm³/mol. The molecule has 0 heterocycles. The Balaban J connectivity index is 1.89. The molecule has 2 rings (SSSR count). The summed E-state index contributed by atoms with van der Waals surface area (Å²) < 4.78 is 32.2. The quantitative estimate of drug-likeness (QED) is 0.766. The summed E-state index contributed by atoms with van der Waals surface area (Å²) in [5, 5.41) is 0. The van der Waals surface area contributed by atoms with Crippen LogP contribution in [0.2, 0.25) is 0 Å². The normalized spacial score (nSPS) is 11.2. The molecule has 0 aliphatic rings. The van der Waals surface area contributed by atoms with Gasteiger partial charge in [0, 0.05) is 0 Å². The van der Waals surface area contributed by atoms with E-state index in [-0.39, 0.29) is 17.9 Å². The number of ether oxygens (including phenoxy) is 1. The third-order valence-corrected chi connectivity index (χ3v) is 5.20. The minimum Gasteiger partial charge on any atom is -0.493 e. The SMILES string of the molecule is CCCc1ccc(S(=O)(=O)NC(=O)CCOc2cc(C)cc(C)c2)cc1. The zero-order valence-electron chi connectivity index (χ0n) is 15.4. The molecule has 0 aliphatic carbocycles. The third-order valence-electron chi connectivity index (χ3n) is 3.81. The Bertz CT molecular complexity index is 838. The highest BCUT2D eigenvalue weighted by Crippen LogP contribution is 2.16. The van der Waals surface area contributed by atoms with E-state index in [9.17, 15) is 13.2 Å². The molecule has 0 atom stereocenters. The van der Waals surface area contributed by atoms with Crippen LogP contribution in [0.1, 0.15) is 36.5 Å². The van der Waals surface area contributed by atoms with E-state index in [0.29, 0.717) is 5.75 Å². The molecule has 2 aromatic rings. The van der Waals surface area contributed by atoms with Crippen molar-refractivity contribution in [2.75, 3.05) is 6.61 Å². The molecular formula is C20H25NO4S. The number of carbonyl (C=O) groups excluding carboxylic acids is 1. The van der Waals surface area contributed by atoms with Gasteiger partial charge in [-0.1, -0.05) is 31.5 Å². The van der Waals surface area contributed by atoms with Crippen LogP contribution in [0.25, 0.3) is 0 Å². The molecule has 140 valence electrons. The molecule has 0 saturated heterocycles. The van der Waals surface area contributed by atoms with Gasteiger partial charge in [-0.25, -0.2) is 13.1 Å².